The molecule has 0 radical (unpaired) electrons. The molecule has 0 fully saturated rings. The van der Waals surface area contributed by atoms with Crippen molar-refractivity contribution in [3.05, 3.63) is 71.4 Å². The molecule has 1 aliphatic carbocycles. The molecule has 0 atom stereocenters. The molecule has 2 aromatic carbocycles. The molecule has 0 amide bonds. The smallest absolute Gasteiger partial charge is 0.354 e. The van der Waals surface area contributed by atoms with Gasteiger partial charge in [0.15, 0.2) is 0 Å². The van der Waals surface area contributed by atoms with E-state index in [1.165, 1.54) is 0 Å². The molecule has 0 saturated carbocycles. The van der Waals surface area contributed by atoms with E-state index in [4.69, 9.17) is 15.2 Å². The van der Waals surface area contributed by atoms with Crippen LogP contribution in [0.1, 0.15) is 24.0 Å². The van der Waals surface area contributed by atoms with E-state index in [2.05, 4.69) is 29.6 Å². The molecule has 29 heavy (non-hydrogen) atoms. The van der Waals surface area contributed by atoms with Crippen LogP contribution in [-0.2, 0) is 19.1 Å². The molecule has 0 unspecified atom stereocenters. The maximum atomic E-state index is 12.3. The first-order chi connectivity index (χ1) is 13.7. The first kappa shape index (κ1) is 22.5. The molecule has 7 heteroatoms. The summed E-state index contributed by atoms with van der Waals surface area (Å²) in [6.07, 6.45) is 1.13. The van der Waals surface area contributed by atoms with Crippen LogP contribution in [0, 0.1) is 0 Å². The zero-order chi connectivity index (χ0) is 19.9. The number of benzene rings is 2. The van der Waals surface area contributed by atoms with Gasteiger partial charge in [-0.1, -0.05) is 48.5 Å². The van der Waals surface area contributed by atoms with Crippen molar-refractivity contribution in [1.82, 2.24) is 5.32 Å². The van der Waals surface area contributed by atoms with Gasteiger partial charge in [-0.25, -0.2) is 9.59 Å². The average Bonchev–Trinajstić information content (AvgIpc) is 3.03. The van der Waals surface area contributed by atoms with Crippen LogP contribution >= 0.6 is 12.4 Å². The molecule has 0 spiro atoms. The van der Waals surface area contributed by atoms with Crippen LogP contribution < -0.4 is 11.1 Å². The normalized spacial score (nSPS) is 12.4. The minimum absolute atomic E-state index is 0. The second kappa shape index (κ2) is 10.6. The number of hydrogen-bond donors (Lipinski definition) is 2. The van der Waals surface area contributed by atoms with Crippen molar-refractivity contribution in [2.24, 2.45) is 5.73 Å². The lowest BCUT2D eigenvalue weighted by Crippen LogP contribution is -2.28. The van der Waals surface area contributed by atoms with Crippen LogP contribution in [-0.4, -0.2) is 38.2 Å². The minimum atomic E-state index is -0.607. The number of nitrogens with two attached hydrogens (primary N) is 1. The maximum absolute atomic E-state index is 12.3. The van der Waals surface area contributed by atoms with Crippen LogP contribution in [0.3, 0.4) is 0 Å². The third-order valence-corrected chi connectivity index (χ3v) is 4.57. The molecular formula is C22H25ClN2O4. The molecule has 0 aliphatic heterocycles. The van der Waals surface area contributed by atoms with E-state index in [1.807, 2.05) is 24.3 Å². The fourth-order valence-electron chi connectivity index (χ4n) is 3.36. The van der Waals surface area contributed by atoms with Gasteiger partial charge < -0.3 is 20.5 Å². The number of ether oxygens (including phenoxy) is 2. The van der Waals surface area contributed by atoms with Crippen LogP contribution in [0.25, 0.3) is 11.1 Å². The third-order valence-electron chi connectivity index (χ3n) is 4.57. The predicted octanol–water partition coefficient (Wildman–Crippen LogP) is 2.76. The zero-order valence-electron chi connectivity index (χ0n) is 16.2. The Balaban J connectivity index is 0.00000300. The summed E-state index contributed by atoms with van der Waals surface area (Å²) in [7, 11) is 0. The SMILES string of the molecule is CCOC(=O)C(=CC(=O)OCC1c2ccccc2-c2ccccc21)NCCN.Cl. The van der Waals surface area contributed by atoms with Crippen molar-refractivity contribution in [3.8, 4) is 11.1 Å². The van der Waals surface area contributed by atoms with Gasteiger partial charge in [0.25, 0.3) is 0 Å². The molecule has 0 heterocycles. The number of esters is 2. The molecule has 0 aromatic heterocycles. The van der Waals surface area contributed by atoms with E-state index in [0.29, 0.717) is 13.1 Å². The second-order valence-electron chi connectivity index (χ2n) is 6.35. The van der Waals surface area contributed by atoms with Crippen molar-refractivity contribution in [2.45, 2.75) is 12.8 Å². The first-order valence-electron chi connectivity index (χ1n) is 9.33. The fourth-order valence-corrected chi connectivity index (χ4v) is 3.36. The van der Waals surface area contributed by atoms with Gasteiger partial charge in [-0.2, -0.15) is 0 Å². The summed E-state index contributed by atoms with van der Waals surface area (Å²) in [6, 6.07) is 16.2. The molecular weight excluding hydrogens is 392 g/mol. The lowest BCUT2D eigenvalue weighted by molar-refractivity contribution is -0.141. The predicted molar refractivity (Wildman–Crippen MR) is 114 cm³/mol. The highest BCUT2D eigenvalue weighted by Crippen LogP contribution is 2.44. The minimum Gasteiger partial charge on any atom is -0.461 e. The van der Waals surface area contributed by atoms with Crippen LogP contribution in [0.2, 0.25) is 0 Å². The van der Waals surface area contributed by atoms with Gasteiger partial charge in [-0.3, -0.25) is 0 Å². The maximum Gasteiger partial charge on any atom is 0.354 e. The van der Waals surface area contributed by atoms with Gasteiger partial charge in [-0.05, 0) is 29.2 Å². The molecule has 0 saturated heterocycles. The van der Waals surface area contributed by atoms with Crippen molar-refractivity contribution >= 4 is 24.3 Å². The lowest BCUT2D eigenvalue weighted by Gasteiger charge is -2.14. The van der Waals surface area contributed by atoms with E-state index < -0.39 is 11.9 Å². The molecule has 1 aliphatic rings. The molecule has 2 aromatic rings. The Morgan fingerprint density at radius 1 is 1.03 bits per heavy atom. The highest BCUT2D eigenvalue weighted by atomic mass is 35.5. The second-order valence-corrected chi connectivity index (χ2v) is 6.35. The third kappa shape index (κ3) is 5.16. The highest BCUT2D eigenvalue weighted by Gasteiger charge is 2.29. The topological polar surface area (TPSA) is 90.7 Å². The van der Waals surface area contributed by atoms with Crippen LogP contribution in [0.15, 0.2) is 60.3 Å². The first-order valence-corrected chi connectivity index (χ1v) is 9.33. The quantitative estimate of drug-likeness (QED) is 0.508. The van der Waals surface area contributed by atoms with E-state index in [9.17, 15) is 9.59 Å². The Labute approximate surface area is 176 Å². The Hall–Kier alpha value is -2.83. The van der Waals surface area contributed by atoms with E-state index >= 15 is 0 Å². The summed E-state index contributed by atoms with van der Waals surface area (Å²) in [6.45, 7) is 2.77. The molecule has 0 bridgehead atoms. The number of halogens is 1. The summed E-state index contributed by atoms with van der Waals surface area (Å²) in [4.78, 5) is 24.3. The van der Waals surface area contributed by atoms with E-state index in [0.717, 1.165) is 28.3 Å². The van der Waals surface area contributed by atoms with Gasteiger partial charge in [0.2, 0.25) is 0 Å². The number of hydrogen-bond acceptors (Lipinski definition) is 6. The molecule has 3 rings (SSSR count). The largest absolute Gasteiger partial charge is 0.461 e. The summed E-state index contributed by atoms with van der Waals surface area (Å²) < 4.78 is 10.4. The van der Waals surface area contributed by atoms with Crippen molar-refractivity contribution < 1.29 is 19.1 Å². The zero-order valence-corrected chi connectivity index (χ0v) is 17.0. The van der Waals surface area contributed by atoms with Gasteiger partial charge in [0.1, 0.15) is 12.3 Å². The summed E-state index contributed by atoms with van der Waals surface area (Å²) in [5.41, 5.74) is 10.1. The number of fused-ring (bicyclic) bond motifs is 3. The van der Waals surface area contributed by atoms with Gasteiger partial charge in [-0.15, -0.1) is 12.4 Å². The van der Waals surface area contributed by atoms with Crippen molar-refractivity contribution in [2.75, 3.05) is 26.3 Å². The number of carbonyl (C=O) groups excluding carboxylic acids is 2. The summed E-state index contributed by atoms with van der Waals surface area (Å²) in [5.74, 6) is -1.24. The van der Waals surface area contributed by atoms with Crippen LogP contribution in [0.4, 0.5) is 0 Å². The monoisotopic (exact) mass is 416 g/mol. The van der Waals surface area contributed by atoms with E-state index in [1.54, 1.807) is 6.92 Å². The number of rotatable bonds is 8. The Morgan fingerprint density at radius 3 is 2.17 bits per heavy atom. The summed E-state index contributed by atoms with van der Waals surface area (Å²) in [5, 5.41) is 2.80. The number of nitrogens with one attached hydrogen (secondary N) is 1. The number of carbonyl (C=O) groups is 2. The lowest BCUT2D eigenvalue weighted by atomic mass is 9.98. The van der Waals surface area contributed by atoms with Crippen molar-refractivity contribution in [1.29, 1.82) is 0 Å². The van der Waals surface area contributed by atoms with Crippen molar-refractivity contribution in [3.63, 3.8) is 0 Å². The van der Waals surface area contributed by atoms with Gasteiger partial charge in [0.05, 0.1) is 12.7 Å². The molecule has 3 N–H and O–H groups in total. The Morgan fingerprint density at radius 2 is 1.62 bits per heavy atom. The van der Waals surface area contributed by atoms with Gasteiger partial charge in [0, 0.05) is 19.0 Å². The highest BCUT2D eigenvalue weighted by molar-refractivity contribution is 5.96. The van der Waals surface area contributed by atoms with Gasteiger partial charge >= 0.3 is 11.9 Å². The summed E-state index contributed by atoms with van der Waals surface area (Å²) >= 11 is 0. The standard InChI is InChI=1S/C22H24N2O4.ClH/c1-2-27-22(26)20(24-12-11-23)13-21(25)28-14-19-17-9-5-3-7-15(17)16-8-4-6-10-18(16)19;/h3-10,13,19,24H,2,11-12,14,23H2,1H3;1H. The van der Waals surface area contributed by atoms with Crippen LogP contribution in [0.5, 0.6) is 0 Å². The molecule has 154 valence electrons. The Kier molecular flexibility index (Phi) is 8.24. The Bertz CT molecular complexity index is 852. The molecule has 6 nitrogen and oxygen atoms in total. The fraction of sp³-hybridized carbons (Fsp3) is 0.273. The van der Waals surface area contributed by atoms with E-state index in [-0.39, 0.29) is 37.2 Å². The average molecular weight is 417 g/mol.